The number of nitrogens with one attached hydrogen (secondary N) is 1. The summed E-state index contributed by atoms with van der Waals surface area (Å²) >= 11 is 1.70. The van der Waals surface area contributed by atoms with Gasteiger partial charge in [-0.1, -0.05) is 31.4 Å². The average molecular weight is 480 g/mol. The van der Waals surface area contributed by atoms with Gasteiger partial charge < -0.3 is 25.6 Å². The van der Waals surface area contributed by atoms with Crippen LogP contribution < -0.4 is 15.8 Å². The first-order valence-corrected chi connectivity index (χ1v) is 12.1. The van der Waals surface area contributed by atoms with E-state index < -0.39 is 0 Å². The van der Waals surface area contributed by atoms with E-state index in [2.05, 4.69) is 34.9 Å². The second-order valence-corrected chi connectivity index (χ2v) is 9.04. The minimum absolute atomic E-state index is 0.00243. The second-order valence-electron chi connectivity index (χ2n) is 8.06. The quantitative estimate of drug-likeness (QED) is 0.480. The van der Waals surface area contributed by atoms with Gasteiger partial charge in [0.25, 0.3) is 5.91 Å². The second kappa shape index (κ2) is 12.2. The molecule has 34 heavy (non-hydrogen) atoms. The van der Waals surface area contributed by atoms with Crippen molar-refractivity contribution in [2.45, 2.75) is 19.1 Å². The monoisotopic (exact) mass is 479 g/mol. The first-order chi connectivity index (χ1) is 16.4. The number of hydrogen-bond donors (Lipinski definition) is 2. The molecule has 0 saturated carbocycles. The van der Waals surface area contributed by atoms with Crippen molar-refractivity contribution in [2.75, 3.05) is 33.7 Å². The van der Waals surface area contributed by atoms with Gasteiger partial charge in [-0.3, -0.25) is 4.79 Å². The summed E-state index contributed by atoms with van der Waals surface area (Å²) in [6.45, 7) is 10.1. The standard InChI is InChI=1S/C26H33N5O2S/c1-5-23-22(17-29-19(2)27)26(32)31(15-14-30(23)4)18-20-8-10-21(11-9-20)33-24(12-13-28-3)25-7-6-16-34-25/h5-11,16-17,24,28H,1-2,12-15,18,27H2,3-4H3/b29-17-/t24-/m0/s1. The van der Waals surface area contributed by atoms with Crippen LogP contribution in [0.2, 0.25) is 0 Å². The first-order valence-electron chi connectivity index (χ1n) is 11.2. The highest BCUT2D eigenvalue weighted by Gasteiger charge is 2.25. The van der Waals surface area contributed by atoms with Crippen LogP contribution in [-0.2, 0) is 11.3 Å². The largest absolute Gasteiger partial charge is 0.485 e. The minimum atomic E-state index is -0.116. The number of allylic oxidation sites excluding steroid dienone is 1. The summed E-state index contributed by atoms with van der Waals surface area (Å²) in [4.78, 5) is 22.4. The van der Waals surface area contributed by atoms with Gasteiger partial charge in [-0.25, -0.2) is 4.99 Å². The fourth-order valence-electron chi connectivity index (χ4n) is 3.73. The molecule has 2 aromatic rings. The molecule has 1 aliphatic rings. The highest BCUT2D eigenvalue weighted by atomic mass is 32.1. The van der Waals surface area contributed by atoms with E-state index in [-0.39, 0.29) is 17.8 Å². The van der Waals surface area contributed by atoms with E-state index in [4.69, 9.17) is 10.5 Å². The number of amides is 1. The molecule has 7 nitrogen and oxygen atoms in total. The number of nitrogens with two attached hydrogens (primary N) is 1. The Morgan fingerprint density at radius 2 is 2.09 bits per heavy atom. The van der Waals surface area contributed by atoms with Crippen LogP contribution >= 0.6 is 11.3 Å². The molecule has 1 aromatic heterocycles. The Labute approximate surface area is 205 Å². The molecular weight excluding hydrogens is 446 g/mol. The molecule has 0 unspecified atom stereocenters. The number of aliphatic imine (C=N–C) groups is 1. The molecule has 0 fully saturated rings. The predicted octanol–water partition coefficient (Wildman–Crippen LogP) is 3.69. The van der Waals surface area contributed by atoms with Crippen molar-refractivity contribution in [2.24, 2.45) is 10.7 Å². The minimum Gasteiger partial charge on any atom is -0.485 e. The summed E-state index contributed by atoms with van der Waals surface area (Å²) in [5, 5.41) is 5.26. The zero-order chi connectivity index (χ0) is 24.5. The fourth-order valence-corrected chi connectivity index (χ4v) is 4.52. The molecule has 3 N–H and O–H groups in total. The Kier molecular flexibility index (Phi) is 9.07. The lowest BCUT2D eigenvalue weighted by molar-refractivity contribution is -0.126. The number of benzene rings is 1. The third kappa shape index (κ3) is 6.59. The Balaban J connectivity index is 1.73. The van der Waals surface area contributed by atoms with Crippen molar-refractivity contribution >= 4 is 23.5 Å². The zero-order valence-electron chi connectivity index (χ0n) is 19.9. The Morgan fingerprint density at radius 3 is 2.71 bits per heavy atom. The van der Waals surface area contributed by atoms with Gasteiger partial charge >= 0.3 is 0 Å². The van der Waals surface area contributed by atoms with Crippen LogP contribution in [0.4, 0.5) is 0 Å². The summed E-state index contributed by atoms with van der Waals surface area (Å²) in [7, 11) is 3.88. The molecule has 8 heteroatoms. The summed E-state index contributed by atoms with van der Waals surface area (Å²) in [6, 6.07) is 12.1. The third-order valence-electron chi connectivity index (χ3n) is 5.56. The average Bonchev–Trinajstić information content (AvgIpc) is 3.33. The van der Waals surface area contributed by atoms with E-state index in [1.165, 1.54) is 11.1 Å². The van der Waals surface area contributed by atoms with Gasteiger partial charge in [0.15, 0.2) is 0 Å². The predicted molar refractivity (Wildman–Crippen MR) is 140 cm³/mol. The lowest BCUT2D eigenvalue weighted by Crippen LogP contribution is -2.34. The van der Waals surface area contributed by atoms with E-state index in [0.29, 0.717) is 25.2 Å². The molecule has 3 rings (SSSR count). The van der Waals surface area contributed by atoms with Crippen LogP contribution in [0.25, 0.3) is 0 Å². The zero-order valence-corrected chi connectivity index (χ0v) is 20.7. The van der Waals surface area contributed by atoms with Crippen LogP contribution in [0.5, 0.6) is 5.75 Å². The highest BCUT2D eigenvalue weighted by Crippen LogP contribution is 2.28. The van der Waals surface area contributed by atoms with Crippen LogP contribution in [0.15, 0.2) is 83.1 Å². The third-order valence-corrected chi connectivity index (χ3v) is 6.52. The van der Waals surface area contributed by atoms with E-state index in [0.717, 1.165) is 30.0 Å². The van der Waals surface area contributed by atoms with Gasteiger partial charge in [0.1, 0.15) is 17.7 Å². The number of thiophene rings is 1. The number of likely N-dealkylation sites (N-methyl/N-ethyl adjacent to an activating group) is 1. The lowest BCUT2D eigenvalue weighted by Gasteiger charge is -2.22. The maximum absolute atomic E-state index is 13.3. The van der Waals surface area contributed by atoms with Gasteiger partial charge in [-0.05, 0) is 48.8 Å². The summed E-state index contributed by atoms with van der Waals surface area (Å²) in [6.07, 6.45) is 4.03. The molecule has 2 heterocycles. The maximum atomic E-state index is 13.3. The van der Waals surface area contributed by atoms with Gasteiger partial charge in [-0.15, -0.1) is 11.3 Å². The molecule has 0 aliphatic carbocycles. The van der Waals surface area contributed by atoms with Gasteiger partial charge in [0.2, 0.25) is 0 Å². The molecule has 0 bridgehead atoms. The Bertz CT molecular complexity index is 1040. The first kappa shape index (κ1) is 25.3. The molecule has 1 aliphatic heterocycles. The Morgan fingerprint density at radius 1 is 1.32 bits per heavy atom. The number of hydrogen-bond acceptors (Lipinski definition) is 7. The lowest BCUT2D eigenvalue weighted by atomic mass is 10.1. The Hall–Kier alpha value is -3.36. The molecule has 1 amide bonds. The number of ether oxygens (including phenoxy) is 1. The molecule has 0 saturated heterocycles. The normalized spacial score (nSPS) is 15.5. The number of carbonyl (C=O) groups excluding carboxylic acids is 1. The van der Waals surface area contributed by atoms with Crippen molar-refractivity contribution in [3.63, 3.8) is 0 Å². The van der Waals surface area contributed by atoms with Gasteiger partial charge in [-0.2, -0.15) is 0 Å². The smallest absolute Gasteiger partial charge is 0.257 e. The highest BCUT2D eigenvalue weighted by molar-refractivity contribution is 7.10. The van der Waals surface area contributed by atoms with Crippen molar-refractivity contribution in [1.29, 1.82) is 0 Å². The summed E-state index contributed by atoms with van der Waals surface area (Å²) < 4.78 is 6.29. The van der Waals surface area contributed by atoms with E-state index in [1.54, 1.807) is 17.4 Å². The van der Waals surface area contributed by atoms with Crippen molar-refractivity contribution < 1.29 is 9.53 Å². The maximum Gasteiger partial charge on any atom is 0.257 e. The van der Waals surface area contributed by atoms with E-state index in [9.17, 15) is 4.79 Å². The summed E-state index contributed by atoms with van der Waals surface area (Å²) in [5.74, 6) is 0.839. The van der Waals surface area contributed by atoms with Crippen molar-refractivity contribution in [1.82, 2.24) is 15.1 Å². The van der Waals surface area contributed by atoms with Crippen LogP contribution in [0.3, 0.4) is 0 Å². The van der Waals surface area contributed by atoms with Crippen molar-refractivity contribution in [3.8, 4) is 5.75 Å². The molecule has 180 valence electrons. The number of nitrogens with zero attached hydrogens (tertiary/aromatic N) is 3. The van der Waals surface area contributed by atoms with E-state index >= 15 is 0 Å². The van der Waals surface area contributed by atoms with Crippen molar-refractivity contribution in [3.05, 3.63) is 88.5 Å². The molecule has 0 radical (unpaired) electrons. The molecular formula is C26H33N5O2S. The number of rotatable bonds is 11. The summed E-state index contributed by atoms with van der Waals surface area (Å²) in [5.41, 5.74) is 7.78. The molecule has 1 atom stereocenters. The van der Waals surface area contributed by atoms with E-state index in [1.807, 2.05) is 54.2 Å². The topological polar surface area (TPSA) is 83.2 Å². The van der Waals surface area contributed by atoms with Gasteiger partial charge in [0, 0.05) is 44.2 Å². The fraction of sp³-hybridized carbons (Fsp3) is 0.308. The SMILES string of the molecule is C=CC1=C(/C=N\C(=C)N)C(=O)N(Cc2ccc(O[C@@H](CCNC)c3cccs3)cc2)CCN1C. The molecule has 0 spiro atoms. The van der Waals surface area contributed by atoms with Gasteiger partial charge in [0.05, 0.1) is 11.3 Å². The van der Waals surface area contributed by atoms with Crippen LogP contribution in [-0.4, -0.2) is 55.7 Å². The van der Waals surface area contributed by atoms with Crippen LogP contribution in [0, 0.1) is 0 Å². The molecule has 1 aromatic carbocycles. The van der Waals surface area contributed by atoms with Crippen LogP contribution in [0.1, 0.15) is 23.0 Å². The number of carbonyl (C=O) groups is 1.